The lowest BCUT2D eigenvalue weighted by molar-refractivity contribution is 0.408. The zero-order valence-electron chi connectivity index (χ0n) is 10.3. The van der Waals surface area contributed by atoms with Crippen LogP contribution in [0.5, 0.6) is 0 Å². The molecule has 1 rings (SSSR count). The number of aryl methyl sites for hydroxylation is 1. The van der Waals surface area contributed by atoms with Gasteiger partial charge in [0.25, 0.3) is 0 Å². The summed E-state index contributed by atoms with van der Waals surface area (Å²) in [6, 6.07) is 1.91. The Hall–Kier alpha value is -1.05. The van der Waals surface area contributed by atoms with E-state index in [4.69, 9.17) is 4.52 Å². The van der Waals surface area contributed by atoms with E-state index in [1.807, 2.05) is 52.8 Å². The first-order valence-electron chi connectivity index (χ1n) is 5.43. The third-order valence-electron chi connectivity index (χ3n) is 1.16. The Morgan fingerprint density at radius 1 is 1.29 bits per heavy atom. The fourth-order valence-electron chi connectivity index (χ4n) is 0.696. The number of hydrogen-bond donors (Lipinski definition) is 0. The summed E-state index contributed by atoms with van der Waals surface area (Å²) in [5.41, 5.74) is 0.927. The van der Waals surface area contributed by atoms with Crippen molar-refractivity contribution in [3.63, 3.8) is 0 Å². The van der Waals surface area contributed by atoms with Crippen LogP contribution in [0.25, 0.3) is 6.08 Å². The maximum Gasteiger partial charge on any atom is 0.159 e. The van der Waals surface area contributed by atoms with Crippen molar-refractivity contribution in [1.82, 2.24) is 5.16 Å². The van der Waals surface area contributed by atoms with Gasteiger partial charge in [0.2, 0.25) is 0 Å². The summed E-state index contributed by atoms with van der Waals surface area (Å²) in [5, 5.41) is 3.74. The molecular weight excluding hydrogens is 174 g/mol. The maximum atomic E-state index is 4.93. The molecule has 0 bridgehead atoms. The summed E-state index contributed by atoms with van der Waals surface area (Å²) < 4.78 is 4.93. The highest BCUT2D eigenvalue weighted by Gasteiger charge is 1.92. The van der Waals surface area contributed by atoms with E-state index in [9.17, 15) is 0 Å². The summed E-state index contributed by atoms with van der Waals surface area (Å²) >= 11 is 0. The smallest absolute Gasteiger partial charge is 0.159 e. The maximum absolute atomic E-state index is 4.93. The second-order valence-corrected chi connectivity index (χ2v) is 2.18. The van der Waals surface area contributed by atoms with E-state index >= 15 is 0 Å². The highest BCUT2D eigenvalue weighted by atomic mass is 16.5. The normalized spacial score (nSPS) is 8.71. The minimum atomic E-state index is 0.833. The summed E-state index contributed by atoms with van der Waals surface area (Å²) in [4.78, 5) is 0. The molecule has 0 amide bonds. The fourth-order valence-corrected chi connectivity index (χ4v) is 0.696. The van der Waals surface area contributed by atoms with Gasteiger partial charge in [-0.25, -0.2) is 0 Å². The zero-order chi connectivity index (χ0) is 11.4. The van der Waals surface area contributed by atoms with E-state index in [0.717, 1.165) is 17.9 Å². The molecule has 0 saturated carbocycles. The average Bonchev–Trinajstić information content (AvgIpc) is 2.67. The molecule has 1 aromatic heterocycles. The van der Waals surface area contributed by atoms with Gasteiger partial charge in [-0.2, -0.15) is 0 Å². The number of nitrogens with zero attached hydrogens (tertiary/aromatic N) is 1. The Bertz CT molecular complexity index is 226. The molecule has 0 aliphatic carbocycles. The van der Waals surface area contributed by atoms with Gasteiger partial charge in [-0.1, -0.05) is 45.9 Å². The molecule has 14 heavy (non-hydrogen) atoms. The highest BCUT2D eigenvalue weighted by molar-refractivity contribution is 5.42. The van der Waals surface area contributed by atoms with Crippen LogP contribution in [0.2, 0.25) is 0 Å². The molecule has 2 nitrogen and oxygen atoms in total. The van der Waals surface area contributed by atoms with Crippen LogP contribution in [0.1, 0.15) is 52.5 Å². The molecule has 0 atom stereocenters. The Morgan fingerprint density at radius 3 is 2.21 bits per heavy atom. The van der Waals surface area contributed by atoms with E-state index in [0.29, 0.717) is 0 Å². The lowest BCUT2D eigenvalue weighted by Crippen LogP contribution is -1.60. The second-order valence-electron chi connectivity index (χ2n) is 2.18. The van der Waals surface area contributed by atoms with E-state index in [1.165, 1.54) is 0 Å². The Morgan fingerprint density at radius 2 is 1.86 bits per heavy atom. The second kappa shape index (κ2) is 11.9. The highest BCUT2D eigenvalue weighted by Crippen LogP contribution is 2.04. The van der Waals surface area contributed by atoms with Crippen LogP contribution in [-0.2, 0) is 0 Å². The minimum Gasteiger partial charge on any atom is -0.357 e. The van der Waals surface area contributed by atoms with Crippen LogP contribution in [0.4, 0.5) is 0 Å². The Kier molecular flexibility index (Phi) is 13.2. The molecule has 0 saturated heterocycles. The standard InChI is InChI=1S/C8H11NO.2C2H6/c1-3-4-5-8-6-7(2)9-10-8;2*1-2/h4-6H,3H2,1-2H3;2*1-2H3/b5-4+;;. The summed E-state index contributed by atoms with van der Waals surface area (Å²) in [6.45, 7) is 12.0. The topological polar surface area (TPSA) is 26.0 Å². The first-order chi connectivity index (χ1) is 6.83. The van der Waals surface area contributed by atoms with Crippen LogP contribution in [0.15, 0.2) is 16.7 Å². The molecular formula is C12H23NO. The lowest BCUT2D eigenvalue weighted by Gasteiger charge is -1.77. The van der Waals surface area contributed by atoms with Crippen LogP contribution in [0.3, 0.4) is 0 Å². The number of rotatable bonds is 2. The van der Waals surface area contributed by atoms with Gasteiger partial charge in [-0.15, -0.1) is 0 Å². The van der Waals surface area contributed by atoms with Gasteiger partial charge in [-0.05, 0) is 19.4 Å². The monoisotopic (exact) mass is 197 g/mol. The molecule has 82 valence electrons. The summed E-state index contributed by atoms with van der Waals surface area (Å²) in [5.74, 6) is 0.833. The van der Waals surface area contributed by atoms with E-state index in [1.54, 1.807) is 0 Å². The molecule has 0 unspecified atom stereocenters. The van der Waals surface area contributed by atoms with Crippen molar-refractivity contribution in [2.75, 3.05) is 0 Å². The van der Waals surface area contributed by atoms with Crippen molar-refractivity contribution in [3.8, 4) is 0 Å². The van der Waals surface area contributed by atoms with E-state index in [-0.39, 0.29) is 0 Å². The molecule has 0 radical (unpaired) electrons. The molecule has 0 spiro atoms. The van der Waals surface area contributed by atoms with Gasteiger partial charge in [0.05, 0.1) is 5.69 Å². The molecule has 0 aliphatic heterocycles. The van der Waals surface area contributed by atoms with Gasteiger partial charge < -0.3 is 4.52 Å². The van der Waals surface area contributed by atoms with Crippen molar-refractivity contribution in [2.24, 2.45) is 0 Å². The van der Waals surface area contributed by atoms with Crippen LogP contribution < -0.4 is 0 Å². The third kappa shape index (κ3) is 7.59. The van der Waals surface area contributed by atoms with Crippen LogP contribution in [-0.4, -0.2) is 5.16 Å². The molecule has 0 N–H and O–H groups in total. The van der Waals surface area contributed by atoms with Gasteiger partial charge in [0.1, 0.15) is 0 Å². The molecule has 2 heteroatoms. The van der Waals surface area contributed by atoms with Gasteiger partial charge in [-0.3, -0.25) is 0 Å². The molecule has 0 aromatic carbocycles. The number of hydrogen-bond acceptors (Lipinski definition) is 2. The lowest BCUT2D eigenvalue weighted by atomic mass is 10.3. The van der Waals surface area contributed by atoms with Gasteiger partial charge in [0, 0.05) is 6.07 Å². The molecule has 0 fully saturated rings. The molecule has 1 heterocycles. The summed E-state index contributed by atoms with van der Waals surface area (Å²) in [7, 11) is 0. The van der Waals surface area contributed by atoms with Crippen LogP contribution in [0, 0.1) is 6.92 Å². The average molecular weight is 197 g/mol. The third-order valence-corrected chi connectivity index (χ3v) is 1.16. The van der Waals surface area contributed by atoms with Crippen molar-refractivity contribution < 1.29 is 4.52 Å². The quantitative estimate of drug-likeness (QED) is 0.699. The van der Waals surface area contributed by atoms with Gasteiger partial charge in [0.15, 0.2) is 5.76 Å². The fraction of sp³-hybridized carbons (Fsp3) is 0.583. The van der Waals surface area contributed by atoms with Crippen molar-refractivity contribution in [2.45, 2.75) is 48.0 Å². The molecule has 1 aromatic rings. The van der Waals surface area contributed by atoms with Crippen molar-refractivity contribution >= 4 is 6.08 Å². The minimum absolute atomic E-state index is 0.833. The number of allylic oxidation sites excluding steroid dienone is 1. The Balaban J connectivity index is 0. The summed E-state index contributed by atoms with van der Waals surface area (Å²) in [6.07, 6.45) is 5.00. The Labute approximate surface area is 88.0 Å². The van der Waals surface area contributed by atoms with Gasteiger partial charge >= 0.3 is 0 Å². The first-order valence-corrected chi connectivity index (χ1v) is 5.43. The zero-order valence-corrected chi connectivity index (χ0v) is 10.3. The predicted octanol–water partition coefficient (Wildman–Crippen LogP) is 4.46. The number of aromatic nitrogens is 1. The predicted molar refractivity (Wildman–Crippen MR) is 63.3 cm³/mol. The van der Waals surface area contributed by atoms with Crippen LogP contribution >= 0.6 is 0 Å². The van der Waals surface area contributed by atoms with Crippen molar-refractivity contribution in [3.05, 3.63) is 23.6 Å². The first kappa shape index (κ1) is 15.4. The SMILES string of the molecule is CC.CC.CC/C=C/c1cc(C)no1. The largest absolute Gasteiger partial charge is 0.357 e. The van der Waals surface area contributed by atoms with E-state index < -0.39 is 0 Å². The van der Waals surface area contributed by atoms with Crippen molar-refractivity contribution in [1.29, 1.82) is 0 Å². The molecule has 0 aliphatic rings. The van der Waals surface area contributed by atoms with E-state index in [2.05, 4.69) is 12.1 Å².